The summed E-state index contributed by atoms with van der Waals surface area (Å²) in [5.41, 5.74) is 6.42. The molecule has 31 nitrogen and oxygen atoms in total. The third-order valence-corrected chi connectivity index (χ3v) is 18.8. The topological polar surface area (TPSA) is 406 Å². The summed E-state index contributed by atoms with van der Waals surface area (Å²) in [6, 6.07) is 25.5. The highest BCUT2D eigenvalue weighted by atomic mass is 79.9. The minimum Gasteiger partial charge on any atom is -0.454 e. The second kappa shape index (κ2) is 41.9. The molecule has 15 heterocycles. The molecule has 0 unspecified atom stereocenters. The molecular weight excluding hydrogens is 1610 g/mol. The minimum atomic E-state index is -0.373. The van der Waals surface area contributed by atoms with Crippen LogP contribution in [0.25, 0.3) is 0 Å². The molecule has 0 fully saturated rings. The highest BCUT2D eigenvalue weighted by Gasteiger charge is 2.20. The summed E-state index contributed by atoms with van der Waals surface area (Å²) in [7, 11) is 0. The molecule has 0 atom stereocenters. The van der Waals surface area contributed by atoms with E-state index >= 15 is 0 Å². The predicted molar refractivity (Wildman–Crippen MR) is 423 cm³/mol. The van der Waals surface area contributed by atoms with Crippen LogP contribution < -0.4 is 23.7 Å². The Morgan fingerprint density at radius 1 is 0.353 bits per heavy atom. The van der Waals surface area contributed by atoms with Crippen LogP contribution in [0.1, 0.15) is 119 Å². The van der Waals surface area contributed by atoms with Crippen LogP contribution >= 0.6 is 49.9 Å². The third-order valence-electron chi connectivity index (χ3n) is 15.0. The average Bonchev–Trinajstić information content (AvgIpc) is 1.46. The first kappa shape index (κ1) is 82.7. The zero-order valence-corrected chi connectivity index (χ0v) is 65.8. The average molecular weight is 1670 g/mol. The summed E-state index contributed by atoms with van der Waals surface area (Å²) < 4.78 is 42.2. The van der Waals surface area contributed by atoms with Crippen molar-refractivity contribution in [2.75, 3.05) is 0 Å². The Hall–Kier alpha value is -14.2. The van der Waals surface area contributed by atoms with Crippen LogP contribution in [0, 0.1) is 32.8 Å². The van der Waals surface area contributed by atoms with Gasteiger partial charge in [-0.05, 0) is 97.7 Å². The van der Waals surface area contributed by atoms with Gasteiger partial charge in [-0.3, -0.25) is 63.7 Å². The molecule has 36 heteroatoms. The van der Waals surface area contributed by atoms with Crippen LogP contribution in [0.5, 0.6) is 57.5 Å². The van der Waals surface area contributed by atoms with Crippen molar-refractivity contribution < 1.29 is 56.8 Å². The number of halogens is 2. The third kappa shape index (κ3) is 26.2. The molecule has 0 spiro atoms. The maximum Gasteiger partial charge on any atom is 0.199 e. The van der Waals surface area contributed by atoms with Gasteiger partial charge in [-0.2, -0.15) is 4.39 Å². The Kier molecular flexibility index (Phi) is 29.9. The largest absolute Gasteiger partial charge is 0.454 e. The maximum absolute atomic E-state index is 13.3. The Morgan fingerprint density at radius 2 is 0.698 bits per heavy atom. The van der Waals surface area contributed by atoms with Gasteiger partial charge in [0.25, 0.3) is 0 Å². The van der Waals surface area contributed by atoms with Crippen LogP contribution in [0.2, 0.25) is 0 Å². The summed E-state index contributed by atoms with van der Waals surface area (Å²) in [4.78, 5) is 153. The lowest BCUT2D eigenvalue weighted by Crippen LogP contribution is -2.07. The van der Waals surface area contributed by atoms with Gasteiger partial charge in [0, 0.05) is 96.9 Å². The number of carbonyl (C=O) groups excluding carboxylic acids is 6. The van der Waals surface area contributed by atoms with E-state index in [4.69, 9.17) is 23.7 Å². The number of rotatable bonds is 26. The van der Waals surface area contributed by atoms with Crippen molar-refractivity contribution in [2.45, 2.75) is 66.7 Å². The lowest BCUT2D eigenvalue weighted by molar-refractivity contribution is 0.0979. The fourth-order valence-electron chi connectivity index (χ4n) is 9.57. The van der Waals surface area contributed by atoms with E-state index in [1.54, 1.807) is 110 Å². The molecule has 15 rings (SSSR count). The van der Waals surface area contributed by atoms with E-state index in [2.05, 4.69) is 116 Å². The van der Waals surface area contributed by atoms with Gasteiger partial charge in [-0.15, -0.1) is 22.7 Å². The van der Waals surface area contributed by atoms with Gasteiger partial charge < -0.3 is 23.7 Å². The number of aromatic nitrogens is 20. The normalized spacial score (nSPS) is 10.4. The van der Waals surface area contributed by atoms with E-state index in [9.17, 15) is 33.2 Å². The van der Waals surface area contributed by atoms with Crippen LogP contribution in [0.15, 0.2) is 231 Å². The molecule has 0 aliphatic carbocycles. The quantitative estimate of drug-likeness (QED) is 0.0454. The van der Waals surface area contributed by atoms with Gasteiger partial charge in [-0.25, -0.2) is 64.8 Å². The van der Waals surface area contributed by atoms with E-state index in [1.807, 2.05) is 51.1 Å². The number of thiazole rings is 3. The first-order valence-corrected chi connectivity index (χ1v) is 37.7. The van der Waals surface area contributed by atoms with Gasteiger partial charge in [0.2, 0.25) is 0 Å². The Bertz CT molecular complexity index is 5660. The monoisotopic (exact) mass is 1670 g/mol. The number of ether oxygens (including phenoxy) is 5. The van der Waals surface area contributed by atoms with Crippen molar-refractivity contribution in [2.24, 2.45) is 0 Å². The molecule has 0 amide bonds. The van der Waals surface area contributed by atoms with E-state index in [0.717, 1.165) is 42.8 Å². The standard InChI is InChI=1S/2C17H14N4O2.C16H12N4O3S.C15H11BrN4O2S.C15H11FN4O2S/c1-12-2-3-13(21-8-12)6-17(22)16-7-14(4-5-20-16)23-15-9-18-11-19-10-15;1-12-3-2-4-13(21-12)7-17(22)16-8-14(5-6-20-16)23-15-9-18-11-19-10-15;1-10(21)14-8-24-16(20-14)5-15(22)13-4-11(2-3-19-13)23-12-6-17-9-18-7-12;2*1-9-15(16)23-14(20-9)5-13(21)12-4-10(2-3-19-12)22-11-6-17-8-18-7-11/h2-5,7-11H,6H2,1H3;2-6,8-11H,7H2,1H3;2-4,6-9H,5H2,1H3;2*2-4,6-8H,5H2,1H3. The first-order chi connectivity index (χ1) is 56.2. The summed E-state index contributed by atoms with van der Waals surface area (Å²) in [6.07, 6.45) is 32.4. The second-order valence-electron chi connectivity index (χ2n) is 24.0. The van der Waals surface area contributed by atoms with Crippen molar-refractivity contribution in [1.29, 1.82) is 0 Å². The number of nitrogens with zero attached hydrogens (tertiary/aromatic N) is 20. The fraction of sp³-hybridized carbons (Fsp3) is 0.125. The molecule has 0 aromatic carbocycles. The fourth-order valence-corrected chi connectivity index (χ4v) is 12.6. The van der Waals surface area contributed by atoms with Crippen molar-refractivity contribution in [1.82, 2.24) is 99.7 Å². The van der Waals surface area contributed by atoms with Crippen LogP contribution in [-0.2, 0) is 32.1 Å². The van der Waals surface area contributed by atoms with Crippen molar-refractivity contribution in [3.05, 3.63) is 319 Å². The Morgan fingerprint density at radius 3 is 1.01 bits per heavy atom. The lowest BCUT2D eigenvalue weighted by atomic mass is 10.1. The van der Waals surface area contributed by atoms with Crippen LogP contribution in [0.4, 0.5) is 4.39 Å². The first-order valence-electron chi connectivity index (χ1n) is 34.4. The molecule has 0 radical (unpaired) electrons. The number of ketones is 6. The molecule has 0 aliphatic rings. The molecule has 0 aliphatic heterocycles. The highest BCUT2D eigenvalue weighted by molar-refractivity contribution is 9.11. The van der Waals surface area contributed by atoms with Crippen LogP contribution in [0.3, 0.4) is 0 Å². The van der Waals surface area contributed by atoms with Crippen molar-refractivity contribution in [3.63, 3.8) is 0 Å². The lowest BCUT2D eigenvalue weighted by Gasteiger charge is -2.06. The molecule has 15 aromatic rings. The molecule has 15 aromatic heterocycles. The van der Waals surface area contributed by atoms with E-state index in [0.29, 0.717) is 102 Å². The van der Waals surface area contributed by atoms with Gasteiger partial charge in [-0.1, -0.05) is 23.5 Å². The van der Waals surface area contributed by atoms with E-state index < -0.39 is 0 Å². The van der Waals surface area contributed by atoms with E-state index in [-0.39, 0.29) is 83.3 Å². The molecule has 0 N–H and O–H groups in total. The smallest absolute Gasteiger partial charge is 0.199 e. The molecule has 0 saturated heterocycles. The Balaban J connectivity index is 0.000000143. The van der Waals surface area contributed by atoms with Gasteiger partial charge in [0.05, 0.1) is 109 Å². The summed E-state index contributed by atoms with van der Waals surface area (Å²) >= 11 is 7.01. The summed E-state index contributed by atoms with van der Waals surface area (Å²) in [5.74, 6) is 3.93. The predicted octanol–water partition coefficient (Wildman–Crippen LogP) is 14.9. The van der Waals surface area contributed by atoms with Gasteiger partial charge >= 0.3 is 0 Å². The second-order valence-corrected chi connectivity index (χ2v) is 28.4. The molecule has 0 saturated carbocycles. The maximum atomic E-state index is 13.3. The van der Waals surface area contributed by atoms with Crippen molar-refractivity contribution in [3.8, 4) is 57.5 Å². The number of hydrogen-bond acceptors (Lipinski definition) is 34. The number of carbonyl (C=O) groups is 6. The van der Waals surface area contributed by atoms with Gasteiger partial charge in [0.15, 0.2) is 68.6 Å². The van der Waals surface area contributed by atoms with Gasteiger partial charge in [0.1, 0.15) is 110 Å². The summed E-state index contributed by atoms with van der Waals surface area (Å²) in [6.45, 7) is 8.74. The number of hydrogen-bond donors (Lipinski definition) is 0. The number of Topliss-reactive ketones (excluding diaryl/α,β-unsaturated/α-hetero) is 6. The molecular formula is C80H62BrFN20O11S3. The SMILES string of the molecule is CC(=O)c1csc(CC(=O)c2cc(Oc3cncnc3)ccn2)n1.Cc1ccc(CC(=O)c2cc(Oc3cncnc3)ccn2)nc1.Cc1cccc(CC(=O)c2cc(Oc3cncnc3)ccn2)n1.Cc1nc(CC(=O)c2cc(Oc3cncnc3)ccn2)sc1Br.Cc1nc(CC(=O)c2cc(Oc3cncnc3)ccn2)sc1F. The zero-order chi connectivity index (χ0) is 81.6. The highest BCUT2D eigenvalue weighted by Crippen LogP contribution is 2.29. The number of aryl methyl sites for hydroxylation is 4. The molecule has 580 valence electrons. The zero-order valence-electron chi connectivity index (χ0n) is 61.8. The van der Waals surface area contributed by atoms with Crippen LogP contribution in [-0.4, -0.2) is 134 Å². The number of pyridine rings is 7. The minimum absolute atomic E-state index is 0.000325. The molecule has 0 bridgehead atoms. The molecule has 116 heavy (non-hydrogen) atoms. The Labute approximate surface area is 680 Å². The van der Waals surface area contributed by atoms with E-state index in [1.165, 1.54) is 123 Å². The summed E-state index contributed by atoms with van der Waals surface area (Å²) in [5, 5.41) is 3.03. The van der Waals surface area contributed by atoms with Crippen molar-refractivity contribution >= 4 is 84.6 Å².